The van der Waals surface area contributed by atoms with Gasteiger partial charge >= 0.3 is 0 Å². The highest BCUT2D eigenvalue weighted by molar-refractivity contribution is 7.26. The van der Waals surface area contributed by atoms with Gasteiger partial charge in [-0.15, -0.1) is 11.3 Å². The van der Waals surface area contributed by atoms with Crippen molar-refractivity contribution in [1.82, 2.24) is 15.0 Å². The molecule has 0 atom stereocenters. The predicted octanol–water partition coefficient (Wildman–Crippen LogP) is 13.6. The topological polar surface area (TPSA) is 51.8 Å². The SMILES string of the molecule is c1ccc(-c2ccc(-c3nc(-c4ccccc4)nc(-c4cccc5oc6ccc(-c7cccc8c7sc7ccc9ccccc9c78)cc6c45)n3)cc2)cc1. The second-order valence-electron chi connectivity index (χ2n) is 13.6. The molecule has 0 saturated carbocycles. The Balaban J connectivity index is 1.09. The first-order valence-electron chi connectivity index (χ1n) is 18.0. The zero-order valence-electron chi connectivity index (χ0n) is 28.9. The maximum atomic E-state index is 6.51. The van der Waals surface area contributed by atoms with Crippen LogP contribution in [-0.2, 0) is 0 Å². The minimum atomic E-state index is 0.600. The van der Waals surface area contributed by atoms with E-state index in [0.717, 1.165) is 49.8 Å². The fourth-order valence-electron chi connectivity index (χ4n) is 7.76. The molecule has 0 bridgehead atoms. The van der Waals surface area contributed by atoms with Gasteiger partial charge in [0.25, 0.3) is 0 Å². The standard InChI is InChI=1S/C49H29N3OS/c1-3-11-30(12-4-1)31-21-23-34(24-22-31)48-50-47(33-14-5-2-6-15-33)51-49(52-48)39-19-10-20-42-44(39)40-29-35(25-27-41(40)53-42)37-17-9-18-38-45-36-16-8-7-13-32(36)26-28-43(45)54-46(37)38/h1-29H. The van der Waals surface area contributed by atoms with E-state index < -0.39 is 0 Å². The molecule has 0 unspecified atom stereocenters. The van der Waals surface area contributed by atoms with Crippen LogP contribution in [0.15, 0.2) is 180 Å². The minimum absolute atomic E-state index is 0.600. The van der Waals surface area contributed by atoms with Crippen LogP contribution in [0.4, 0.5) is 0 Å². The van der Waals surface area contributed by atoms with Crippen molar-refractivity contribution in [1.29, 1.82) is 0 Å². The van der Waals surface area contributed by atoms with Crippen molar-refractivity contribution in [3.05, 3.63) is 176 Å². The molecule has 252 valence electrons. The van der Waals surface area contributed by atoms with Crippen LogP contribution < -0.4 is 0 Å². The summed E-state index contributed by atoms with van der Waals surface area (Å²) in [6.45, 7) is 0. The van der Waals surface area contributed by atoms with Gasteiger partial charge in [-0.25, -0.2) is 15.0 Å². The van der Waals surface area contributed by atoms with E-state index in [0.29, 0.717) is 17.5 Å². The maximum absolute atomic E-state index is 6.51. The van der Waals surface area contributed by atoms with Crippen molar-refractivity contribution in [3.8, 4) is 56.4 Å². The van der Waals surface area contributed by atoms with Crippen molar-refractivity contribution >= 4 is 64.2 Å². The summed E-state index contributed by atoms with van der Waals surface area (Å²) >= 11 is 1.86. The average Bonchev–Trinajstić information content (AvgIpc) is 3.83. The van der Waals surface area contributed by atoms with Gasteiger partial charge < -0.3 is 4.42 Å². The van der Waals surface area contributed by atoms with E-state index in [1.54, 1.807) is 0 Å². The number of hydrogen-bond donors (Lipinski definition) is 0. The van der Waals surface area contributed by atoms with E-state index in [-0.39, 0.29) is 0 Å². The van der Waals surface area contributed by atoms with Gasteiger partial charge in [-0.3, -0.25) is 0 Å². The Hall–Kier alpha value is -6.95. The highest BCUT2D eigenvalue weighted by Gasteiger charge is 2.19. The molecule has 4 nitrogen and oxygen atoms in total. The molecule has 3 heterocycles. The summed E-state index contributed by atoms with van der Waals surface area (Å²) in [5.74, 6) is 1.84. The van der Waals surface area contributed by atoms with Crippen LogP contribution in [-0.4, -0.2) is 15.0 Å². The lowest BCUT2D eigenvalue weighted by atomic mass is 9.98. The molecular weight excluding hydrogens is 679 g/mol. The van der Waals surface area contributed by atoms with Gasteiger partial charge in [0.05, 0.1) is 0 Å². The number of fused-ring (bicyclic) bond motifs is 8. The summed E-state index contributed by atoms with van der Waals surface area (Å²) in [6, 6.07) is 61.4. The molecule has 0 saturated heterocycles. The number of benzene rings is 8. The number of nitrogens with zero attached hydrogens (tertiary/aromatic N) is 3. The molecule has 54 heavy (non-hydrogen) atoms. The minimum Gasteiger partial charge on any atom is -0.456 e. The van der Waals surface area contributed by atoms with Gasteiger partial charge in [0.1, 0.15) is 11.2 Å². The van der Waals surface area contributed by atoms with Crippen molar-refractivity contribution in [2.24, 2.45) is 0 Å². The molecule has 3 aromatic heterocycles. The molecule has 11 rings (SSSR count). The van der Waals surface area contributed by atoms with Gasteiger partial charge in [0, 0.05) is 47.6 Å². The fraction of sp³-hybridized carbons (Fsp3) is 0. The van der Waals surface area contributed by atoms with Crippen LogP contribution in [0.2, 0.25) is 0 Å². The van der Waals surface area contributed by atoms with Gasteiger partial charge in [-0.2, -0.15) is 0 Å². The van der Waals surface area contributed by atoms with Crippen LogP contribution in [0.25, 0.3) is 109 Å². The monoisotopic (exact) mass is 707 g/mol. The number of hydrogen-bond acceptors (Lipinski definition) is 5. The van der Waals surface area contributed by atoms with Gasteiger partial charge in [-0.1, -0.05) is 152 Å². The second kappa shape index (κ2) is 12.3. The Morgan fingerprint density at radius 2 is 0.981 bits per heavy atom. The number of rotatable bonds is 5. The Kier molecular flexibility index (Phi) is 7.00. The lowest BCUT2D eigenvalue weighted by Gasteiger charge is -2.10. The van der Waals surface area contributed by atoms with E-state index in [1.165, 1.54) is 42.1 Å². The van der Waals surface area contributed by atoms with Crippen LogP contribution in [0.1, 0.15) is 0 Å². The molecular formula is C49H29N3OS. The van der Waals surface area contributed by atoms with Crippen LogP contribution in [0.3, 0.4) is 0 Å². The molecule has 0 amide bonds. The average molecular weight is 708 g/mol. The Morgan fingerprint density at radius 3 is 1.80 bits per heavy atom. The molecule has 0 radical (unpaired) electrons. The van der Waals surface area contributed by atoms with Gasteiger partial charge in [0.2, 0.25) is 0 Å². The van der Waals surface area contributed by atoms with E-state index in [2.05, 4.69) is 127 Å². The zero-order valence-corrected chi connectivity index (χ0v) is 29.7. The molecule has 0 N–H and O–H groups in total. The molecule has 5 heteroatoms. The number of furan rings is 1. The highest BCUT2D eigenvalue weighted by Crippen LogP contribution is 2.44. The molecule has 8 aromatic carbocycles. The van der Waals surface area contributed by atoms with E-state index in [1.807, 2.05) is 59.9 Å². The summed E-state index contributed by atoms with van der Waals surface area (Å²) in [6.07, 6.45) is 0. The third-order valence-electron chi connectivity index (χ3n) is 10.4. The lowest BCUT2D eigenvalue weighted by Crippen LogP contribution is -2.00. The molecule has 0 fully saturated rings. The van der Waals surface area contributed by atoms with Crippen molar-refractivity contribution < 1.29 is 4.42 Å². The quantitative estimate of drug-likeness (QED) is 0.179. The van der Waals surface area contributed by atoms with E-state index >= 15 is 0 Å². The first-order valence-corrected chi connectivity index (χ1v) is 18.8. The van der Waals surface area contributed by atoms with E-state index in [9.17, 15) is 0 Å². The molecule has 11 aromatic rings. The molecule has 0 aliphatic rings. The Labute approximate surface area is 314 Å². The van der Waals surface area contributed by atoms with Crippen LogP contribution in [0, 0.1) is 0 Å². The summed E-state index contributed by atoms with van der Waals surface area (Å²) in [5.41, 5.74) is 9.02. The van der Waals surface area contributed by atoms with Crippen molar-refractivity contribution in [2.45, 2.75) is 0 Å². The summed E-state index contributed by atoms with van der Waals surface area (Å²) in [4.78, 5) is 15.3. The summed E-state index contributed by atoms with van der Waals surface area (Å²) in [5, 5.41) is 7.16. The molecule has 0 aliphatic carbocycles. The smallest absolute Gasteiger partial charge is 0.164 e. The molecule has 0 aliphatic heterocycles. The fourth-order valence-corrected chi connectivity index (χ4v) is 9.01. The maximum Gasteiger partial charge on any atom is 0.164 e. The lowest BCUT2D eigenvalue weighted by molar-refractivity contribution is 0.669. The van der Waals surface area contributed by atoms with Crippen LogP contribution >= 0.6 is 11.3 Å². The van der Waals surface area contributed by atoms with Gasteiger partial charge in [0.15, 0.2) is 17.5 Å². The highest BCUT2D eigenvalue weighted by atomic mass is 32.1. The summed E-state index contributed by atoms with van der Waals surface area (Å²) in [7, 11) is 0. The third-order valence-corrected chi connectivity index (χ3v) is 11.6. The van der Waals surface area contributed by atoms with Crippen molar-refractivity contribution in [3.63, 3.8) is 0 Å². The van der Waals surface area contributed by atoms with Crippen molar-refractivity contribution in [2.75, 3.05) is 0 Å². The Bertz CT molecular complexity index is 3200. The first-order chi connectivity index (χ1) is 26.7. The summed E-state index contributed by atoms with van der Waals surface area (Å²) < 4.78 is 9.08. The van der Waals surface area contributed by atoms with E-state index in [4.69, 9.17) is 19.4 Å². The third kappa shape index (κ3) is 5.01. The number of thiophene rings is 1. The van der Waals surface area contributed by atoms with Gasteiger partial charge in [-0.05, 0) is 57.3 Å². The Morgan fingerprint density at radius 1 is 0.370 bits per heavy atom. The van der Waals surface area contributed by atoms with Crippen LogP contribution in [0.5, 0.6) is 0 Å². The predicted molar refractivity (Wildman–Crippen MR) is 225 cm³/mol. The molecule has 0 spiro atoms. The number of aromatic nitrogens is 3. The zero-order chi connectivity index (χ0) is 35.6. The second-order valence-corrected chi connectivity index (χ2v) is 14.6. The normalized spacial score (nSPS) is 11.7. The largest absolute Gasteiger partial charge is 0.456 e. The first kappa shape index (κ1) is 30.7.